The van der Waals surface area contributed by atoms with Crippen molar-refractivity contribution in [2.45, 2.75) is 91.7 Å². The maximum Gasteiger partial charge on any atom is 2.00 e. The Morgan fingerprint density at radius 3 is 2.40 bits per heavy atom. The summed E-state index contributed by atoms with van der Waals surface area (Å²) < 4.78 is 15.6. The normalized spacial score (nSPS) is 19.3. The molecule has 254 valence electrons. The molecule has 0 N–H and O–H groups in total. The first-order chi connectivity index (χ1) is 23.3. The molecule has 6 heteroatoms. The molecule has 9 rings (SSSR count). The van der Waals surface area contributed by atoms with Crippen LogP contribution in [-0.4, -0.2) is 27.6 Å². The van der Waals surface area contributed by atoms with E-state index in [2.05, 4.69) is 121 Å². The maximum absolute atomic E-state index is 6.68. The van der Waals surface area contributed by atoms with Gasteiger partial charge in [-0.15, -0.1) is 28.6 Å². The van der Waals surface area contributed by atoms with Crippen molar-refractivity contribution in [1.82, 2.24) is 9.55 Å². The molecule has 0 bridgehead atoms. The Bertz CT molecular complexity index is 2450. The summed E-state index contributed by atoms with van der Waals surface area (Å²) in [6.07, 6.45) is 2.73. The Kier molecular flexibility index (Phi) is 7.35. The quantitative estimate of drug-likeness (QED) is 0.167. The number of ether oxygens (including phenoxy) is 2. The Morgan fingerprint density at radius 1 is 0.840 bits per heavy atom. The zero-order chi connectivity index (χ0) is 34.1. The van der Waals surface area contributed by atoms with Crippen molar-refractivity contribution in [3.63, 3.8) is 0 Å². The SMILES string of the molecule is Cc1cc(Oc2[c-]c3c(cc2C)c2cc(C)cc4c2n3-c2ncccc2C4(C)C)[c-]c(C2=N[C@@H]3[C@H](Cc4cc(C)cc(C)c4C3(C)C)O2)c1.[Pt+2]. The van der Waals surface area contributed by atoms with Crippen molar-refractivity contribution in [2.24, 2.45) is 4.99 Å². The molecular formula is C44H41N3O2Pt. The molecule has 4 heterocycles. The van der Waals surface area contributed by atoms with E-state index in [-0.39, 0.29) is 44.0 Å². The summed E-state index contributed by atoms with van der Waals surface area (Å²) in [7, 11) is 0. The van der Waals surface area contributed by atoms with Gasteiger partial charge in [0.1, 0.15) is 17.8 Å². The number of benzene rings is 4. The summed E-state index contributed by atoms with van der Waals surface area (Å²) in [6.45, 7) is 20.0. The molecule has 0 unspecified atom stereocenters. The van der Waals surface area contributed by atoms with Gasteiger partial charge in [-0.3, -0.25) is 4.99 Å². The molecular weight excluding hydrogens is 798 g/mol. The van der Waals surface area contributed by atoms with Crippen LogP contribution in [0, 0.1) is 46.8 Å². The molecule has 0 fully saturated rings. The van der Waals surface area contributed by atoms with Gasteiger partial charge in [0, 0.05) is 46.0 Å². The second kappa shape index (κ2) is 11.1. The van der Waals surface area contributed by atoms with Gasteiger partial charge >= 0.3 is 21.1 Å². The Hall–Kier alpha value is -4.21. The number of pyridine rings is 1. The number of nitrogens with zero attached hydrogens (tertiary/aromatic N) is 3. The summed E-state index contributed by atoms with van der Waals surface area (Å²) in [6, 6.07) is 27.1. The fourth-order valence-electron chi connectivity index (χ4n) is 9.17. The summed E-state index contributed by atoms with van der Waals surface area (Å²) >= 11 is 0. The van der Waals surface area contributed by atoms with Crippen LogP contribution >= 0.6 is 0 Å². The zero-order valence-electron chi connectivity index (χ0n) is 30.1. The topological polar surface area (TPSA) is 48.6 Å². The van der Waals surface area contributed by atoms with Gasteiger partial charge in [-0.1, -0.05) is 106 Å². The molecule has 0 radical (unpaired) electrons. The van der Waals surface area contributed by atoms with Crippen molar-refractivity contribution in [3.8, 4) is 17.3 Å². The van der Waals surface area contributed by atoms with E-state index in [1.807, 2.05) is 18.3 Å². The molecule has 2 aliphatic heterocycles. The van der Waals surface area contributed by atoms with E-state index in [1.54, 1.807) is 0 Å². The number of aryl methyl sites for hydroxylation is 5. The molecule has 1 aliphatic carbocycles. The molecule has 0 saturated carbocycles. The van der Waals surface area contributed by atoms with E-state index in [0.29, 0.717) is 17.4 Å². The molecule has 50 heavy (non-hydrogen) atoms. The predicted octanol–water partition coefficient (Wildman–Crippen LogP) is 9.80. The number of hydrogen-bond donors (Lipinski definition) is 0. The first-order valence-corrected chi connectivity index (χ1v) is 17.4. The molecule has 5 nitrogen and oxygen atoms in total. The fraction of sp³-hybridized carbons (Fsp3) is 0.318. The van der Waals surface area contributed by atoms with Crippen LogP contribution in [-0.2, 0) is 43.1 Å². The summed E-state index contributed by atoms with van der Waals surface area (Å²) in [5, 5.41) is 2.37. The van der Waals surface area contributed by atoms with Gasteiger partial charge in [-0.05, 0) is 54.5 Å². The van der Waals surface area contributed by atoms with Crippen molar-refractivity contribution in [2.75, 3.05) is 0 Å². The molecule has 4 aromatic carbocycles. The van der Waals surface area contributed by atoms with Gasteiger partial charge in [0.05, 0.1) is 6.04 Å². The second-order valence-corrected chi connectivity index (χ2v) is 15.7. The van der Waals surface area contributed by atoms with Crippen molar-refractivity contribution in [1.29, 1.82) is 0 Å². The minimum atomic E-state index is -0.183. The van der Waals surface area contributed by atoms with E-state index >= 15 is 0 Å². The molecule has 2 aromatic heterocycles. The number of fused-ring (bicyclic) bond motifs is 7. The van der Waals surface area contributed by atoms with Crippen LogP contribution in [0.1, 0.15) is 83.3 Å². The maximum atomic E-state index is 6.68. The number of rotatable bonds is 3. The molecule has 6 aromatic rings. The molecule has 0 amide bonds. The van der Waals surface area contributed by atoms with Crippen LogP contribution in [0.4, 0.5) is 0 Å². The minimum Gasteiger partial charge on any atom is -0.514 e. The minimum absolute atomic E-state index is 0. The first kappa shape index (κ1) is 33.0. The standard InChI is InChI=1S/C44H41N3O2.Pt/c1-23-13-27(5)38-28(14-23)21-37-40(44(38,8)9)46-42(49-37)29-15-24(2)16-30(20-29)48-36-22-35-31(19-26(36)4)32-17-25(3)18-34-39(32)47(35)41-33(43(34,6)7)11-10-12-45-41;/h10-19,37,40H,21H2,1-9H3;/q-2;+2/t37-,40+;/m0./s1. The van der Waals surface area contributed by atoms with Crippen molar-refractivity contribution >= 4 is 27.7 Å². The largest absolute Gasteiger partial charge is 2.00 e. The zero-order valence-corrected chi connectivity index (χ0v) is 32.4. The van der Waals surface area contributed by atoms with Gasteiger partial charge in [0.15, 0.2) is 0 Å². The third-order valence-electron chi connectivity index (χ3n) is 11.2. The number of hydrogen-bond acceptors (Lipinski definition) is 4. The van der Waals surface area contributed by atoms with E-state index < -0.39 is 0 Å². The number of aliphatic imine (C=N–C) groups is 1. The Morgan fingerprint density at radius 2 is 1.60 bits per heavy atom. The van der Waals surface area contributed by atoms with Crippen LogP contribution in [0.3, 0.4) is 0 Å². The molecule has 3 aliphatic rings. The molecule has 0 spiro atoms. The third kappa shape index (κ3) is 4.69. The van der Waals surface area contributed by atoms with Crippen molar-refractivity contribution in [3.05, 3.63) is 129 Å². The van der Waals surface area contributed by atoms with Crippen LogP contribution in [0.5, 0.6) is 11.5 Å². The van der Waals surface area contributed by atoms with Crippen LogP contribution in [0.2, 0.25) is 0 Å². The van der Waals surface area contributed by atoms with Gasteiger partial charge in [-0.25, -0.2) is 4.98 Å². The van der Waals surface area contributed by atoms with Crippen LogP contribution in [0.25, 0.3) is 27.6 Å². The molecule has 2 atom stereocenters. The van der Waals surface area contributed by atoms with Gasteiger partial charge in [0.2, 0.25) is 0 Å². The molecule has 0 saturated heterocycles. The smallest absolute Gasteiger partial charge is 0.514 e. The van der Waals surface area contributed by atoms with Crippen LogP contribution in [0.15, 0.2) is 65.8 Å². The summed E-state index contributed by atoms with van der Waals surface area (Å²) in [4.78, 5) is 10.2. The Balaban J connectivity index is 0.00000361. The second-order valence-electron chi connectivity index (χ2n) is 15.7. The predicted molar refractivity (Wildman–Crippen MR) is 197 cm³/mol. The fourth-order valence-corrected chi connectivity index (χ4v) is 9.17. The van der Waals surface area contributed by atoms with E-state index in [9.17, 15) is 0 Å². The van der Waals surface area contributed by atoms with E-state index in [1.165, 1.54) is 49.8 Å². The van der Waals surface area contributed by atoms with Crippen molar-refractivity contribution < 1.29 is 30.5 Å². The van der Waals surface area contributed by atoms with Gasteiger partial charge in [-0.2, -0.15) is 6.07 Å². The van der Waals surface area contributed by atoms with Gasteiger partial charge < -0.3 is 14.0 Å². The average Bonchev–Trinajstić information content (AvgIpc) is 3.60. The summed E-state index contributed by atoms with van der Waals surface area (Å²) in [5.74, 6) is 2.89. The van der Waals surface area contributed by atoms with E-state index in [4.69, 9.17) is 19.5 Å². The third-order valence-corrected chi connectivity index (χ3v) is 11.2. The summed E-state index contributed by atoms with van der Waals surface area (Å²) in [5.41, 5.74) is 13.9. The van der Waals surface area contributed by atoms with Gasteiger partial charge in [0.25, 0.3) is 0 Å². The average molecular weight is 839 g/mol. The van der Waals surface area contributed by atoms with Crippen LogP contribution < -0.4 is 4.74 Å². The first-order valence-electron chi connectivity index (χ1n) is 17.4. The number of aromatic nitrogens is 2. The monoisotopic (exact) mass is 838 g/mol. The Labute approximate surface area is 309 Å². The van der Waals surface area contributed by atoms with E-state index in [0.717, 1.165) is 39.8 Å².